The van der Waals surface area contributed by atoms with Gasteiger partial charge in [-0.25, -0.2) is 4.39 Å². The van der Waals surface area contributed by atoms with Gasteiger partial charge in [-0.05, 0) is 0 Å². The van der Waals surface area contributed by atoms with Crippen LogP contribution in [0.1, 0.15) is 0 Å². The molecule has 216 valence electrons. The van der Waals surface area contributed by atoms with E-state index in [1.165, 1.54) is 0 Å². The quantitative estimate of drug-likeness (QED) is 0.176. The standard InChI is InChI=1S/C12H3F21O3/c13-2(14)3(15)35-11(30,31)9(25,26)8(23,24)7(21,22)5(17,18)1-34-6(19,20)4(16)36-12(32,33)10(27,28)29/h4H,1H2. The number of hydrogen-bond donors (Lipinski definition) is 0. The largest absolute Gasteiger partial charge is 0.483 e. The van der Waals surface area contributed by atoms with Crippen LogP contribution in [0.15, 0.2) is 12.1 Å². The smallest absolute Gasteiger partial charge is 0.397 e. The summed E-state index contributed by atoms with van der Waals surface area (Å²) in [5, 5.41) is 0. The topological polar surface area (TPSA) is 27.7 Å². The van der Waals surface area contributed by atoms with Gasteiger partial charge in [0.2, 0.25) is 0 Å². The van der Waals surface area contributed by atoms with Crippen LogP contribution in [0, 0.1) is 0 Å². The maximum atomic E-state index is 13.4. The fourth-order valence-corrected chi connectivity index (χ4v) is 1.43. The molecule has 0 aromatic rings. The van der Waals surface area contributed by atoms with Gasteiger partial charge in [-0.1, -0.05) is 0 Å². The summed E-state index contributed by atoms with van der Waals surface area (Å²) in [4.78, 5) is 0. The van der Waals surface area contributed by atoms with E-state index >= 15 is 0 Å². The lowest BCUT2D eigenvalue weighted by molar-refractivity contribution is -0.461. The molecule has 0 amide bonds. The van der Waals surface area contributed by atoms with Gasteiger partial charge in [0, 0.05) is 0 Å². The van der Waals surface area contributed by atoms with E-state index in [-0.39, 0.29) is 0 Å². The van der Waals surface area contributed by atoms with Crippen LogP contribution < -0.4 is 0 Å². The van der Waals surface area contributed by atoms with Crippen LogP contribution in [0.3, 0.4) is 0 Å². The Morgan fingerprint density at radius 1 is 0.583 bits per heavy atom. The Kier molecular flexibility index (Phi) is 9.16. The molecule has 0 saturated carbocycles. The van der Waals surface area contributed by atoms with Crippen LogP contribution in [-0.2, 0) is 14.2 Å². The van der Waals surface area contributed by atoms with Crippen molar-refractivity contribution in [2.45, 2.75) is 54.5 Å². The zero-order valence-electron chi connectivity index (χ0n) is 15.4. The van der Waals surface area contributed by atoms with Gasteiger partial charge in [0.1, 0.15) is 6.61 Å². The first kappa shape index (κ1) is 34.0. The lowest BCUT2D eigenvalue weighted by atomic mass is 9.98. The Morgan fingerprint density at radius 2 is 1.00 bits per heavy atom. The molecule has 1 atom stereocenters. The number of alkyl halides is 18. The number of rotatable bonds is 12. The molecular weight excluding hydrogens is 591 g/mol. The molecule has 0 aliphatic heterocycles. The molecule has 3 nitrogen and oxygen atoms in total. The first-order valence-electron chi connectivity index (χ1n) is 7.48. The maximum absolute atomic E-state index is 13.4. The summed E-state index contributed by atoms with van der Waals surface area (Å²) >= 11 is 0. The van der Waals surface area contributed by atoms with Gasteiger partial charge in [0.05, 0.1) is 0 Å². The fraction of sp³-hybridized carbons (Fsp3) is 0.833. The van der Waals surface area contributed by atoms with Crippen molar-refractivity contribution in [3.63, 3.8) is 0 Å². The second kappa shape index (κ2) is 9.70. The van der Waals surface area contributed by atoms with E-state index in [1.54, 1.807) is 4.74 Å². The van der Waals surface area contributed by atoms with Gasteiger partial charge in [0.25, 0.3) is 6.36 Å². The Labute approximate surface area is 181 Å². The Balaban J connectivity index is 5.98. The zero-order valence-corrected chi connectivity index (χ0v) is 15.4. The minimum atomic E-state index is -8.27. The highest BCUT2D eigenvalue weighted by Gasteiger charge is 2.88. The Bertz CT molecular complexity index is 794. The van der Waals surface area contributed by atoms with Gasteiger partial charge >= 0.3 is 60.3 Å². The first-order valence-corrected chi connectivity index (χ1v) is 7.48. The van der Waals surface area contributed by atoms with Crippen molar-refractivity contribution in [2.24, 2.45) is 0 Å². The number of halogens is 21. The first-order chi connectivity index (χ1) is 15.4. The summed E-state index contributed by atoms with van der Waals surface area (Å²) in [6.45, 7) is -4.21. The third kappa shape index (κ3) is 6.27. The van der Waals surface area contributed by atoms with Crippen LogP contribution in [-0.4, -0.2) is 61.2 Å². The van der Waals surface area contributed by atoms with E-state index in [9.17, 15) is 92.2 Å². The van der Waals surface area contributed by atoms with Crippen LogP contribution in [0.25, 0.3) is 0 Å². The van der Waals surface area contributed by atoms with E-state index in [4.69, 9.17) is 0 Å². The molecule has 0 bridgehead atoms. The number of hydrogen-bond acceptors (Lipinski definition) is 3. The van der Waals surface area contributed by atoms with Gasteiger partial charge in [0.15, 0.2) is 0 Å². The highest BCUT2D eigenvalue weighted by atomic mass is 19.4. The van der Waals surface area contributed by atoms with E-state index in [0.717, 1.165) is 0 Å². The molecule has 0 radical (unpaired) electrons. The summed E-state index contributed by atoms with van der Waals surface area (Å²) in [7, 11) is 0. The molecule has 0 fully saturated rings. The third-order valence-electron chi connectivity index (χ3n) is 3.27. The van der Waals surface area contributed by atoms with Crippen molar-refractivity contribution in [1.82, 2.24) is 0 Å². The maximum Gasteiger partial charge on any atom is 0.483 e. The normalized spacial score (nSPS) is 16.1. The van der Waals surface area contributed by atoms with Crippen LogP contribution in [0.5, 0.6) is 0 Å². The predicted octanol–water partition coefficient (Wildman–Crippen LogP) is 7.25. The molecule has 0 aliphatic rings. The molecule has 1 unspecified atom stereocenters. The molecule has 0 saturated heterocycles. The molecule has 0 aromatic heterocycles. The molecule has 0 heterocycles. The second-order valence-corrected chi connectivity index (χ2v) is 5.88. The van der Waals surface area contributed by atoms with Crippen molar-refractivity contribution in [3.05, 3.63) is 12.1 Å². The van der Waals surface area contributed by atoms with Gasteiger partial charge < -0.3 is 9.47 Å². The predicted molar refractivity (Wildman–Crippen MR) is 64.1 cm³/mol. The summed E-state index contributed by atoms with van der Waals surface area (Å²) in [6.07, 6.45) is -37.5. The molecule has 0 rings (SSSR count). The molecule has 0 aromatic carbocycles. The lowest BCUT2D eigenvalue weighted by Crippen LogP contribution is -2.68. The van der Waals surface area contributed by atoms with E-state index in [1.807, 2.05) is 4.74 Å². The SMILES string of the molecule is FC(F)=C(F)OC(F)(F)C(F)(F)C(F)(F)C(F)(F)C(F)(F)COC(F)(F)C(F)OC(F)(F)C(F)(F)F. The minimum absolute atomic E-state index is 1.72. The highest BCUT2D eigenvalue weighted by molar-refractivity contribution is 5.07. The number of ether oxygens (including phenoxy) is 3. The van der Waals surface area contributed by atoms with E-state index in [2.05, 4.69) is 4.74 Å². The van der Waals surface area contributed by atoms with Crippen LogP contribution >= 0.6 is 0 Å². The average Bonchev–Trinajstić information content (AvgIpc) is 2.64. The van der Waals surface area contributed by atoms with Gasteiger partial charge in [-0.2, -0.15) is 87.8 Å². The van der Waals surface area contributed by atoms with E-state index in [0.29, 0.717) is 0 Å². The van der Waals surface area contributed by atoms with Crippen LogP contribution in [0.2, 0.25) is 0 Å². The van der Waals surface area contributed by atoms with Crippen molar-refractivity contribution in [1.29, 1.82) is 0 Å². The van der Waals surface area contributed by atoms with Gasteiger partial charge in [-0.3, -0.25) is 4.74 Å². The van der Waals surface area contributed by atoms with Crippen molar-refractivity contribution < 1.29 is 106 Å². The second-order valence-electron chi connectivity index (χ2n) is 5.88. The minimum Gasteiger partial charge on any atom is -0.397 e. The fourth-order valence-electron chi connectivity index (χ4n) is 1.43. The van der Waals surface area contributed by atoms with Crippen molar-refractivity contribution in [3.8, 4) is 0 Å². The Hall–Kier alpha value is -2.01. The van der Waals surface area contributed by atoms with E-state index < -0.39 is 73.3 Å². The monoisotopic (exact) mass is 594 g/mol. The van der Waals surface area contributed by atoms with Crippen LogP contribution in [0.4, 0.5) is 92.2 Å². The zero-order chi connectivity index (χ0) is 29.6. The summed E-state index contributed by atoms with van der Waals surface area (Å²) in [5.74, 6) is -31.7. The molecule has 0 aliphatic carbocycles. The highest BCUT2D eigenvalue weighted by Crippen LogP contribution is 2.58. The van der Waals surface area contributed by atoms with Crippen molar-refractivity contribution in [2.75, 3.05) is 6.61 Å². The summed E-state index contributed by atoms with van der Waals surface area (Å²) in [6, 6.07) is -4.10. The molecule has 0 N–H and O–H groups in total. The average molecular weight is 594 g/mol. The van der Waals surface area contributed by atoms with Crippen molar-refractivity contribution >= 4 is 0 Å². The lowest BCUT2D eigenvalue weighted by Gasteiger charge is -2.38. The molecule has 36 heavy (non-hydrogen) atoms. The third-order valence-corrected chi connectivity index (χ3v) is 3.27. The molecule has 0 spiro atoms. The molecular formula is C12H3F21O3. The Morgan fingerprint density at radius 3 is 1.36 bits per heavy atom. The summed E-state index contributed by atoms with van der Waals surface area (Å²) in [5.41, 5.74) is 0. The summed E-state index contributed by atoms with van der Waals surface area (Å²) < 4.78 is 272. The van der Waals surface area contributed by atoms with Gasteiger partial charge in [-0.15, -0.1) is 0 Å². The molecule has 24 heteroatoms.